The molecular formula is C17H25IO4. The molecule has 124 valence electrons. The third kappa shape index (κ3) is 2.89. The minimum absolute atomic E-state index is 0.115. The number of carbonyl (C=O) groups is 2. The van der Waals surface area contributed by atoms with Gasteiger partial charge in [0.05, 0.1) is 0 Å². The normalized spacial score (nSPS) is 41.8. The van der Waals surface area contributed by atoms with Crippen molar-refractivity contribution < 1.29 is 19.1 Å². The molecule has 0 heterocycles. The molecule has 3 atom stereocenters. The topological polar surface area (TPSA) is 52.6 Å². The lowest BCUT2D eigenvalue weighted by molar-refractivity contribution is -0.231. The minimum atomic E-state index is -0.477. The van der Waals surface area contributed by atoms with Crippen LogP contribution in [0, 0.1) is 11.8 Å². The molecule has 0 aromatic carbocycles. The molecule has 4 rings (SSSR count). The zero-order chi connectivity index (χ0) is 16.2. The molecule has 4 aliphatic carbocycles. The van der Waals surface area contributed by atoms with E-state index in [1.165, 1.54) is 13.3 Å². The van der Waals surface area contributed by atoms with Crippen molar-refractivity contribution in [1.29, 1.82) is 0 Å². The summed E-state index contributed by atoms with van der Waals surface area (Å²) in [5.74, 6) is 0.720. The van der Waals surface area contributed by atoms with E-state index >= 15 is 0 Å². The molecule has 4 fully saturated rings. The van der Waals surface area contributed by atoms with Gasteiger partial charge in [-0.25, -0.2) is 0 Å². The fourth-order valence-electron chi connectivity index (χ4n) is 5.09. The maximum atomic E-state index is 12.6. The molecule has 4 saturated carbocycles. The van der Waals surface area contributed by atoms with E-state index in [-0.39, 0.29) is 17.5 Å². The van der Waals surface area contributed by atoms with E-state index in [4.69, 9.17) is 9.47 Å². The molecule has 4 aliphatic rings. The van der Waals surface area contributed by atoms with E-state index in [1.807, 2.05) is 13.8 Å². The van der Waals surface area contributed by atoms with Crippen LogP contribution >= 0.6 is 22.6 Å². The van der Waals surface area contributed by atoms with Crippen LogP contribution in [0.25, 0.3) is 0 Å². The number of esters is 2. The molecule has 0 saturated heterocycles. The molecule has 22 heavy (non-hydrogen) atoms. The van der Waals surface area contributed by atoms with Crippen molar-refractivity contribution in [2.75, 3.05) is 0 Å². The van der Waals surface area contributed by atoms with Gasteiger partial charge in [0.25, 0.3) is 0 Å². The average molecular weight is 420 g/mol. The first kappa shape index (κ1) is 16.5. The smallest absolute Gasteiger partial charge is 0.322 e. The second kappa shape index (κ2) is 5.35. The Balaban J connectivity index is 1.82. The quantitative estimate of drug-likeness (QED) is 0.395. The lowest BCUT2D eigenvalue weighted by atomic mass is 9.52. The van der Waals surface area contributed by atoms with Crippen LogP contribution in [0.2, 0.25) is 0 Å². The summed E-state index contributed by atoms with van der Waals surface area (Å²) >= 11 is 2.19. The van der Waals surface area contributed by atoms with Crippen LogP contribution in [-0.4, -0.2) is 26.6 Å². The van der Waals surface area contributed by atoms with Gasteiger partial charge in [0.15, 0.2) is 0 Å². The summed E-state index contributed by atoms with van der Waals surface area (Å²) in [6.07, 6.45) is 6.40. The lowest BCUT2D eigenvalue weighted by Crippen LogP contribution is -2.62. The van der Waals surface area contributed by atoms with Gasteiger partial charge in [0.1, 0.15) is 14.6 Å². The Morgan fingerprint density at radius 3 is 2.09 bits per heavy atom. The molecule has 0 aliphatic heterocycles. The molecular weight excluding hydrogens is 395 g/mol. The summed E-state index contributed by atoms with van der Waals surface area (Å²) in [5, 5.41) is 0. The number of ether oxygens (including phenoxy) is 2. The van der Waals surface area contributed by atoms with Gasteiger partial charge in [-0.05, 0) is 57.3 Å². The highest BCUT2D eigenvalue weighted by molar-refractivity contribution is 14.1. The summed E-state index contributed by atoms with van der Waals surface area (Å²) in [6, 6.07) is 0. The Hall–Kier alpha value is -0.330. The zero-order valence-electron chi connectivity index (χ0n) is 13.6. The summed E-state index contributed by atoms with van der Waals surface area (Å²) < 4.78 is 11.3. The van der Waals surface area contributed by atoms with Crippen LogP contribution in [-0.2, 0) is 19.1 Å². The van der Waals surface area contributed by atoms with Crippen molar-refractivity contribution in [3.63, 3.8) is 0 Å². The standard InChI is InChI=1S/C17H25IO4/c1-4-15(3,18)14(20)22-17-8-12-5-13(9-17)7-16(6-12,10-17)21-11(2)19/h12-13H,4-10H2,1-3H3. The summed E-state index contributed by atoms with van der Waals surface area (Å²) in [5.41, 5.74) is -0.789. The molecule has 0 N–H and O–H groups in total. The maximum absolute atomic E-state index is 12.6. The number of hydrogen-bond donors (Lipinski definition) is 0. The monoisotopic (exact) mass is 420 g/mol. The van der Waals surface area contributed by atoms with Crippen molar-refractivity contribution in [1.82, 2.24) is 0 Å². The fourth-order valence-corrected chi connectivity index (χ4v) is 5.20. The second-order valence-corrected chi connectivity index (χ2v) is 10.2. The first-order valence-corrected chi connectivity index (χ1v) is 9.37. The number of halogens is 1. The van der Waals surface area contributed by atoms with E-state index in [9.17, 15) is 9.59 Å². The van der Waals surface area contributed by atoms with Crippen LogP contribution in [0.4, 0.5) is 0 Å². The molecule has 4 nitrogen and oxygen atoms in total. The van der Waals surface area contributed by atoms with E-state index in [1.54, 1.807) is 0 Å². The second-order valence-electron chi connectivity index (χ2n) is 7.86. The highest BCUT2D eigenvalue weighted by atomic mass is 127. The van der Waals surface area contributed by atoms with Crippen molar-refractivity contribution in [2.24, 2.45) is 11.8 Å². The summed E-state index contributed by atoms with van der Waals surface area (Å²) in [7, 11) is 0. The lowest BCUT2D eigenvalue weighted by Gasteiger charge is -2.60. The van der Waals surface area contributed by atoms with Crippen molar-refractivity contribution in [2.45, 2.75) is 80.3 Å². The Labute approximate surface area is 145 Å². The predicted molar refractivity (Wildman–Crippen MR) is 90.7 cm³/mol. The van der Waals surface area contributed by atoms with Gasteiger partial charge in [0.2, 0.25) is 0 Å². The molecule has 0 spiro atoms. The third-order valence-electron chi connectivity index (χ3n) is 5.71. The van der Waals surface area contributed by atoms with E-state index in [0.29, 0.717) is 18.3 Å². The molecule has 5 heteroatoms. The zero-order valence-corrected chi connectivity index (χ0v) is 15.8. The van der Waals surface area contributed by atoms with Crippen LogP contribution in [0.1, 0.15) is 65.7 Å². The van der Waals surface area contributed by atoms with Gasteiger partial charge in [-0.15, -0.1) is 0 Å². The van der Waals surface area contributed by atoms with E-state index in [2.05, 4.69) is 22.6 Å². The van der Waals surface area contributed by atoms with E-state index < -0.39 is 9.02 Å². The van der Waals surface area contributed by atoms with Crippen LogP contribution in [0.3, 0.4) is 0 Å². The largest absolute Gasteiger partial charge is 0.459 e. The number of alkyl halides is 1. The minimum Gasteiger partial charge on any atom is -0.459 e. The van der Waals surface area contributed by atoms with Gasteiger partial charge in [-0.2, -0.15) is 0 Å². The molecule has 4 bridgehead atoms. The predicted octanol–water partition coefficient (Wildman–Crippen LogP) is 3.79. The molecule has 3 unspecified atom stereocenters. The van der Waals surface area contributed by atoms with Crippen molar-refractivity contribution in [3.05, 3.63) is 0 Å². The number of rotatable bonds is 4. The van der Waals surface area contributed by atoms with Crippen molar-refractivity contribution >= 4 is 34.5 Å². The van der Waals surface area contributed by atoms with Gasteiger partial charge in [-0.1, -0.05) is 29.5 Å². The molecule has 0 radical (unpaired) electrons. The van der Waals surface area contributed by atoms with Crippen LogP contribution < -0.4 is 0 Å². The average Bonchev–Trinajstić information content (AvgIpc) is 2.34. The van der Waals surface area contributed by atoms with Crippen molar-refractivity contribution in [3.8, 4) is 0 Å². The number of carbonyl (C=O) groups excluding carboxylic acids is 2. The molecule has 0 aromatic heterocycles. The van der Waals surface area contributed by atoms with Crippen LogP contribution in [0.5, 0.6) is 0 Å². The Morgan fingerprint density at radius 1 is 1.14 bits per heavy atom. The first-order valence-electron chi connectivity index (χ1n) is 8.30. The molecule has 0 amide bonds. The van der Waals surface area contributed by atoms with Crippen LogP contribution in [0.15, 0.2) is 0 Å². The summed E-state index contributed by atoms with van der Waals surface area (Å²) in [4.78, 5) is 24.1. The van der Waals surface area contributed by atoms with Gasteiger partial charge >= 0.3 is 11.9 Å². The first-order chi connectivity index (χ1) is 10.2. The Bertz CT molecular complexity index is 485. The van der Waals surface area contributed by atoms with Gasteiger partial charge < -0.3 is 9.47 Å². The Kier molecular flexibility index (Phi) is 4.02. The SMILES string of the molecule is CCC(C)(I)C(=O)OC12CC3CC(CC(OC(C)=O)(C3)C1)C2. The Morgan fingerprint density at radius 2 is 1.64 bits per heavy atom. The maximum Gasteiger partial charge on any atom is 0.322 e. The highest BCUT2D eigenvalue weighted by Crippen LogP contribution is 2.60. The molecule has 0 aromatic rings. The summed E-state index contributed by atoms with van der Waals surface area (Å²) in [6.45, 7) is 5.42. The van der Waals surface area contributed by atoms with Gasteiger partial charge in [0, 0.05) is 13.3 Å². The van der Waals surface area contributed by atoms with Gasteiger partial charge in [-0.3, -0.25) is 9.59 Å². The number of hydrogen-bond acceptors (Lipinski definition) is 4. The fraction of sp³-hybridized carbons (Fsp3) is 0.882. The van der Waals surface area contributed by atoms with E-state index in [0.717, 1.165) is 32.1 Å². The third-order valence-corrected chi connectivity index (χ3v) is 6.92. The highest BCUT2D eigenvalue weighted by Gasteiger charge is 2.61.